The molecule has 1 aromatic carbocycles. The standard InChI is InChI=1S/C9H12N.C2H5O.2ClH.Sn/c1-7-5-3-4-6-9(7)8(2)10;1-2-3;;;/h3-6,8H,1,10H2,2H3;2H2,1H3;2*1H;/q;-1;;;+3/p-2. The van der Waals surface area contributed by atoms with Crippen LogP contribution >= 0.6 is 0 Å². The zero-order chi connectivity index (χ0) is 10.4. The molecule has 0 spiro atoms. The molecule has 0 bridgehead atoms. The summed E-state index contributed by atoms with van der Waals surface area (Å²) >= 11 is -0.659. The van der Waals surface area contributed by atoms with Crippen LogP contribution in [-0.2, 0) is 7.51 Å². The molecule has 2 N–H and O–H groups in total. The largest absolute Gasteiger partial charge is 1.00 e. The fourth-order valence-electron chi connectivity index (χ4n) is 1.37. The van der Waals surface area contributed by atoms with Crippen molar-refractivity contribution in [3.63, 3.8) is 0 Å². The van der Waals surface area contributed by atoms with Crippen LogP contribution in [0.3, 0.4) is 0 Å². The molecule has 2 nitrogen and oxygen atoms in total. The average Bonchev–Trinajstić information content (AvgIpc) is 2.19. The second kappa shape index (κ2) is 10.7. The maximum atomic E-state index is 5.90. The van der Waals surface area contributed by atoms with Crippen molar-refractivity contribution in [1.82, 2.24) is 0 Å². The topological polar surface area (TPSA) is 35.2 Å². The molecule has 0 amide bonds. The van der Waals surface area contributed by atoms with Gasteiger partial charge in [-0.25, -0.2) is 0 Å². The van der Waals surface area contributed by atoms with E-state index < -0.39 is 21.6 Å². The molecule has 0 aromatic heterocycles. The summed E-state index contributed by atoms with van der Waals surface area (Å²) in [6.45, 7) is 4.94. The van der Waals surface area contributed by atoms with Crippen molar-refractivity contribution in [3.05, 3.63) is 35.4 Å². The Morgan fingerprint density at radius 2 is 1.94 bits per heavy atom. The number of nitrogens with two attached hydrogens (primary N) is 1. The zero-order valence-corrected chi connectivity index (χ0v) is 13.9. The minimum Gasteiger partial charge on any atom is -1.00 e. The normalized spacial score (nSPS) is 10.7. The van der Waals surface area contributed by atoms with E-state index in [-0.39, 0.29) is 30.9 Å². The molecule has 0 aliphatic heterocycles. The van der Waals surface area contributed by atoms with Crippen molar-refractivity contribution in [3.8, 4) is 0 Å². The van der Waals surface area contributed by atoms with Gasteiger partial charge >= 0.3 is 96.7 Å². The molecule has 0 heterocycles. The van der Waals surface area contributed by atoms with E-state index in [1.54, 1.807) is 0 Å². The van der Waals surface area contributed by atoms with Crippen molar-refractivity contribution in [2.75, 3.05) is 6.61 Å². The molecule has 1 aromatic rings. The predicted molar refractivity (Wildman–Crippen MR) is 60.1 cm³/mol. The Balaban J connectivity index is 0. The van der Waals surface area contributed by atoms with Gasteiger partial charge in [-0.15, -0.1) is 0 Å². The number of hydrogen-bond donors (Lipinski definition) is 1. The maximum absolute atomic E-state index is 5.90. The monoisotopic (exact) mass is 369 g/mol. The van der Waals surface area contributed by atoms with E-state index in [0.29, 0.717) is 0 Å². The predicted octanol–water partition coefficient (Wildman–Crippen LogP) is -4.13. The van der Waals surface area contributed by atoms with E-state index in [2.05, 4.69) is 25.1 Å². The minimum atomic E-state index is -0.659. The molecule has 0 saturated carbocycles. The second-order valence-corrected chi connectivity index (χ2v) is 5.90. The van der Waals surface area contributed by atoms with Gasteiger partial charge in [0.2, 0.25) is 0 Å². The van der Waals surface area contributed by atoms with Crippen LogP contribution in [0.15, 0.2) is 24.3 Å². The van der Waals surface area contributed by atoms with Crippen LogP contribution in [0.2, 0.25) is 0 Å². The van der Waals surface area contributed by atoms with E-state index in [9.17, 15) is 0 Å². The van der Waals surface area contributed by atoms with Gasteiger partial charge < -0.3 is 24.8 Å². The van der Waals surface area contributed by atoms with Crippen LogP contribution in [0.5, 0.6) is 0 Å². The molecule has 0 radical (unpaired) electrons. The fourth-order valence-corrected chi connectivity index (χ4v) is 3.61. The average molecular weight is 369 g/mol. The molecule has 1 atom stereocenters. The first-order valence-corrected chi connectivity index (χ1v) is 8.12. The summed E-state index contributed by atoms with van der Waals surface area (Å²) < 4.78 is 6.62. The smallest absolute Gasteiger partial charge is 1.00 e. The summed E-state index contributed by atoms with van der Waals surface area (Å²) in [5.41, 5.74) is 8.55. The van der Waals surface area contributed by atoms with Crippen LogP contribution in [0.25, 0.3) is 0 Å². The Morgan fingerprint density at radius 1 is 1.31 bits per heavy atom. The molecule has 0 fully saturated rings. The van der Waals surface area contributed by atoms with E-state index in [1.165, 1.54) is 11.1 Å². The van der Waals surface area contributed by atoms with Crippen molar-refractivity contribution < 1.29 is 27.9 Å². The van der Waals surface area contributed by atoms with Gasteiger partial charge in [0.1, 0.15) is 0 Å². The molecule has 0 aliphatic rings. The van der Waals surface area contributed by atoms with E-state index >= 15 is 0 Å². The fraction of sp³-hybridized carbons (Fsp3) is 0.455. The Hall–Kier alpha value is 0.519. The first kappa shape index (κ1) is 18.9. The van der Waals surface area contributed by atoms with E-state index in [4.69, 9.17) is 8.81 Å². The summed E-state index contributed by atoms with van der Waals surface area (Å²) in [7, 11) is 0. The Kier molecular flexibility index (Phi) is 12.6. The van der Waals surface area contributed by atoms with Crippen LogP contribution in [0.1, 0.15) is 31.0 Å². The molecule has 1 unspecified atom stereocenters. The third-order valence-electron chi connectivity index (χ3n) is 2.05. The summed E-state index contributed by atoms with van der Waals surface area (Å²) in [6, 6.07) is 8.54. The van der Waals surface area contributed by atoms with Gasteiger partial charge in [-0.1, -0.05) is 0 Å². The first-order valence-electron chi connectivity index (χ1n) is 4.93. The summed E-state index contributed by atoms with van der Waals surface area (Å²) in [6.07, 6.45) is 0. The Bertz CT molecular complexity index is 284. The Morgan fingerprint density at radius 3 is 2.50 bits per heavy atom. The molecule has 0 saturated heterocycles. The van der Waals surface area contributed by atoms with E-state index in [0.717, 1.165) is 11.0 Å². The van der Waals surface area contributed by atoms with Crippen molar-refractivity contribution in [2.24, 2.45) is 5.73 Å². The Labute approximate surface area is 121 Å². The van der Waals surface area contributed by atoms with Gasteiger partial charge in [0, 0.05) is 0 Å². The zero-order valence-electron chi connectivity index (χ0n) is 9.54. The molecular formula is C11H17Cl2NOSn. The van der Waals surface area contributed by atoms with Crippen molar-refractivity contribution in [1.29, 1.82) is 0 Å². The van der Waals surface area contributed by atoms with Gasteiger partial charge in [0.15, 0.2) is 0 Å². The van der Waals surface area contributed by atoms with Gasteiger partial charge in [0.25, 0.3) is 0 Å². The third kappa shape index (κ3) is 6.30. The minimum absolute atomic E-state index is 0. The molecule has 1 rings (SSSR count). The molecule has 16 heavy (non-hydrogen) atoms. The van der Waals surface area contributed by atoms with Gasteiger partial charge in [0.05, 0.1) is 0 Å². The SMILES string of the molecule is CC[O][Sn+2][CH2]c1ccccc1C(C)N.[Cl-].[Cl-]. The summed E-state index contributed by atoms with van der Waals surface area (Å²) in [4.78, 5) is 0. The summed E-state index contributed by atoms with van der Waals surface area (Å²) in [5, 5.41) is 0. The van der Waals surface area contributed by atoms with Gasteiger partial charge in [-0.3, -0.25) is 0 Å². The van der Waals surface area contributed by atoms with Crippen molar-refractivity contribution >= 4 is 21.6 Å². The van der Waals surface area contributed by atoms with Crippen LogP contribution < -0.4 is 30.5 Å². The van der Waals surface area contributed by atoms with Crippen LogP contribution in [-0.4, -0.2) is 28.2 Å². The number of rotatable bonds is 5. The second-order valence-electron chi connectivity index (χ2n) is 3.24. The molecule has 90 valence electrons. The van der Waals surface area contributed by atoms with E-state index in [1.807, 2.05) is 13.0 Å². The quantitative estimate of drug-likeness (QED) is 0.423. The molecule has 5 heteroatoms. The number of hydrogen-bond acceptors (Lipinski definition) is 2. The summed E-state index contributed by atoms with van der Waals surface area (Å²) in [5.74, 6) is 0. The van der Waals surface area contributed by atoms with Crippen molar-refractivity contribution in [2.45, 2.75) is 24.3 Å². The van der Waals surface area contributed by atoms with Crippen LogP contribution in [0.4, 0.5) is 0 Å². The number of benzene rings is 1. The van der Waals surface area contributed by atoms with Crippen LogP contribution in [0, 0.1) is 0 Å². The van der Waals surface area contributed by atoms with Gasteiger partial charge in [-0.05, 0) is 0 Å². The molecular weight excluding hydrogens is 352 g/mol. The third-order valence-corrected chi connectivity index (χ3v) is 4.96. The maximum Gasteiger partial charge on any atom is -1.00 e. The first-order chi connectivity index (χ1) is 6.75. The molecule has 0 aliphatic carbocycles. The number of halogens is 2. The van der Waals surface area contributed by atoms with Gasteiger partial charge in [-0.2, -0.15) is 0 Å².